The Morgan fingerprint density at radius 1 is 0.339 bits per heavy atom. The zero-order chi connectivity index (χ0) is 42.8. The smallest absolute Gasteiger partial charge is 0.220 e. The molecule has 59 heavy (non-hydrogen) atoms. The predicted molar refractivity (Wildman–Crippen MR) is 263 cm³/mol. The van der Waals surface area contributed by atoms with Crippen LogP contribution in [0.3, 0.4) is 0 Å². The Kier molecular flexibility index (Phi) is 51.2. The van der Waals surface area contributed by atoms with Crippen molar-refractivity contribution in [3.63, 3.8) is 0 Å². The van der Waals surface area contributed by atoms with Crippen LogP contribution in [0.25, 0.3) is 0 Å². The van der Waals surface area contributed by atoms with Gasteiger partial charge in [0.2, 0.25) is 5.91 Å². The summed E-state index contributed by atoms with van der Waals surface area (Å²) in [5, 5.41) is 22.9. The van der Waals surface area contributed by atoms with Crippen molar-refractivity contribution in [2.45, 2.75) is 341 Å². The van der Waals surface area contributed by atoms with Crippen molar-refractivity contribution in [3.8, 4) is 0 Å². The highest BCUT2D eigenvalue weighted by molar-refractivity contribution is 5.76. The molecular formula is C55H111NO3. The van der Waals surface area contributed by atoms with E-state index >= 15 is 0 Å². The zero-order valence-corrected chi connectivity index (χ0v) is 40.8. The Morgan fingerprint density at radius 3 is 0.763 bits per heavy atom. The minimum absolute atomic E-state index is 0.0298. The summed E-state index contributed by atoms with van der Waals surface area (Å²) in [4.78, 5) is 12.3. The van der Waals surface area contributed by atoms with Gasteiger partial charge in [-0.15, -0.1) is 0 Å². The zero-order valence-electron chi connectivity index (χ0n) is 40.8. The van der Waals surface area contributed by atoms with E-state index in [2.05, 4.69) is 19.2 Å². The van der Waals surface area contributed by atoms with Crippen LogP contribution in [0.4, 0.5) is 0 Å². The van der Waals surface area contributed by atoms with Crippen molar-refractivity contribution >= 4 is 5.91 Å². The lowest BCUT2D eigenvalue weighted by molar-refractivity contribution is -0.123. The Hall–Kier alpha value is -0.610. The number of carbonyl (C=O) groups is 1. The number of unbranched alkanes of at least 4 members (excludes halogenated alkanes) is 45. The second-order valence-corrected chi connectivity index (χ2v) is 19.4. The van der Waals surface area contributed by atoms with Crippen molar-refractivity contribution in [3.05, 3.63) is 0 Å². The van der Waals surface area contributed by atoms with Crippen LogP contribution < -0.4 is 5.32 Å². The lowest BCUT2D eigenvalue weighted by Gasteiger charge is -2.22. The van der Waals surface area contributed by atoms with Gasteiger partial charge in [-0.25, -0.2) is 0 Å². The van der Waals surface area contributed by atoms with Crippen LogP contribution in [0.5, 0.6) is 0 Å². The molecule has 0 aliphatic carbocycles. The van der Waals surface area contributed by atoms with Gasteiger partial charge in [0, 0.05) is 6.42 Å². The monoisotopic (exact) mass is 834 g/mol. The first-order valence-electron chi connectivity index (χ1n) is 27.7. The van der Waals surface area contributed by atoms with E-state index in [-0.39, 0.29) is 12.5 Å². The molecule has 2 atom stereocenters. The maximum absolute atomic E-state index is 12.3. The number of amides is 1. The number of aliphatic hydroxyl groups excluding tert-OH is 2. The second-order valence-electron chi connectivity index (χ2n) is 19.4. The lowest BCUT2D eigenvalue weighted by Crippen LogP contribution is -2.45. The molecule has 0 saturated heterocycles. The van der Waals surface area contributed by atoms with Crippen LogP contribution in [-0.4, -0.2) is 34.9 Å². The van der Waals surface area contributed by atoms with E-state index < -0.39 is 12.1 Å². The Bertz CT molecular complexity index is 773. The molecule has 0 bridgehead atoms. The summed E-state index contributed by atoms with van der Waals surface area (Å²) in [7, 11) is 0. The minimum atomic E-state index is -0.650. The molecule has 4 nitrogen and oxygen atoms in total. The molecule has 0 aromatic heterocycles. The highest BCUT2D eigenvalue weighted by Crippen LogP contribution is 2.18. The largest absolute Gasteiger partial charge is 0.394 e. The average molecular weight is 834 g/mol. The first-order valence-corrected chi connectivity index (χ1v) is 27.7. The Morgan fingerprint density at radius 2 is 0.542 bits per heavy atom. The number of hydrogen-bond donors (Lipinski definition) is 3. The second kappa shape index (κ2) is 51.7. The lowest BCUT2D eigenvalue weighted by atomic mass is 10.0. The van der Waals surface area contributed by atoms with Gasteiger partial charge in [-0.05, 0) is 12.8 Å². The van der Waals surface area contributed by atoms with E-state index in [1.165, 1.54) is 276 Å². The van der Waals surface area contributed by atoms with Gasteiger partial charge in [-0.1, -0.05) is 309 Å². The van der Waals surface area contributed by atoms with Gasteiger partial charge < -0.3 is 15.5 Å². The predicted octanol–water partition coefficient (Wildman–Crippen LogP) is 18.0. The summed E-state index contributed by atoms with van der Waals surface area (Å²) in [6, 6.07) is -0.527. The molecule has 0 spiro atoms. The van der Waals surface area contributed by atoms with Crippen molar-refractivity contribution in [1.29, 1.82) is 0 Å². The van der Waals surface area contributed by atoms with E-state index in [4.69, 9.17) is 0 Å². The quantitative estimate of drug-likeness (QED) is 0.0535. The number of rotatable bonds is 52. The number of hydrogen-bond acceptors (Lipinski definition) is 3. The van der Waals surface area contributed by atoms with Crippen molar-refractivity contribution in [2.75, 3.05) is 6.61 Å². The fourth-order valence-electron chi connectivity index (χ4n) is 9.13. The van der Waals surface area contributed by atoms with E-state index in [9.17, 15) is 15.0 Å². The third-order valence-electron chi connectivity index (χ3n) is 13.4. The van der Waals surface area contributed by atoms with E-state index in [1.807, 2.05) is 0 Å². The maximum atomic E-state index is 12.3. The molecule has 0 radical (unpaired) electrons. The Balaban J connectivity index is 3.23. The van der Waals surface area contributed by atoms with Gasteiger partial charge in [-0.2, -0.15) is 0 Å². The molecule has 0 aliphatic heterocycles. The van der Waals surface area contributed by atoms with Crippen LogP contribution >= 0.6 is 0 Å². The van der Waals surface area contributed by atoms with Crippen molar-refractivity contribution in [1.82, 2.24) is 5.32 Å². The SMILES string of the molecule is CCCCCCCCCCCCCCCCCCCCCCCCCCCCCCCCCCCCCCCCCCCC(=O)NC(CO)C(O)CCCCCCCC. The molecule has 4 heteroatoms. The topological polar surface area (TPSA) is 69.6 Å². The number of aliphatic hydroxyl groups is 2. The first kappa shape index (κ1) is 58.4. The molecule has 0 fully saturated rings. The normalized spacial score (nSPS) is 12.7. The van der Waals surface area contributed by atoms with Crippen LogP contribution in [0.15, 0.2) is 0 Å². The third-order valence-corrected chi connectivity index (χ3v) is 13.4. The molecule has 0 saturated carbocycles. The summed E-state index contributed by atoms with van der Waals surface area (Å²) >= 11 is 0. The van der Waals surface area contributed by atoms with Crippen molar-refractivity contribution in [2.24, 2.45) is 0 Å². The number of carbonyl (C=O) groups excluding carboxylic acids is 1. The Labute approximate surface area is 372 Å². The highest BCUT2D eigenvalue weighted by Gasteiger charge is 2.20. The van der Waals surface area contributed by atoms with Gasteiger partial charge in [0.15, 0.2) is 0 Å². The molecule has 0 aliphatic rings. The molecule has 3 N–H and O–H groups in total. The van der Waals surface area contributed by atoms with Crippen LogP contribution in [0.2, 0.25) is 0 Å². The minimum Gasteiger partial charge on any atom is -0.394 e. The molecule has 1 amide bonds. The molecule has 0 heterocycles. The molecule has 354 valence electrons. The summed E-state index contributed by atoms with van der Waals surface area (Å²) in [5.74, 6) is -0.0298. The fourth-order valence-corrected chi connectivity index (χ4v) is 9.13. The van der Waals surface area contributed by atoms with Gasteiger partial charge in [0.25, 0.3) is 0 Å². The van der Waals surface area contributed by atoms with E-state index in [0.717, 1.165) is 25.7 Å². The first-order chi connectivity index (χ1) is 29.2. The standard InChI is InChI=1S/C55H111NO3/c1-3-5-7-9-11-12-13-14-15-16-17-18-19-20-21-22-23-24-25-26-27-28-29-30-31-32-33-34-35-36-37-38-39-40-41-42-43-44-45-47-49-51-55(59)56-53(52-57)54(58)50-48-46-10-8-6-4-2/h53-54,57-58H,3-52H2,1-2H3,(H,56,59). The molecular weight excluding hydrogens is 723 g/mol. The molecule has 2 unspecified atom stereocenters. The highest BCUT2D eigenvalue weighted by atomic mass is 16.3. The van der Waals surface area contributed by atoms with Crippen LogP contribution in [0, 0.1) is 0 Å². The average Bonchev–Trinajstić information content (AvgIpc) is 3.24. The fraction of sp³-hybridized carbons (Fsp3) is 0.982. The van der Waals surface area contributed by atoms with Gasteiger partial charge in [0.05, 0.1) is 18.8 Å². The molecule has 0 rings (SSSR count). The summed E-state index contributed by atoms with van der Waals surface area (Å²) in [6.07, 6.45) is 65.8. The summed E-state index contributed by atoms with van der Waals surface area (Å²) in [6.45, 7) is 4.33. The summed E-state index contributed by atoms with van der Waals surface area (Å²) < 4.78 is 0. The van der Waals surface area contributed by atoms with Crippen molar-refractivity contribution < 1.29 is 15.0 Å². The molecule has 0 aromatic carbocycles. The van der Waals surface area contributed by atoms with Gasteiger partial charge in [0.1, 0.15) is 0 Å². The summed E-state index contributed by atoms with van der Waals surface area (Å²) in [5.41, 5.74) is 0. The third kappa shape index (κ3) is 48.3. The van der Waals surface area contributed by atoms with Gasteiger partial charge >= 0.3 is 0 Å². The van der Waals surface area contributed by atoms with Gasteiger partial charge in [-0.3, -0.25) is 4.79 Å². The van der Waals surface area contributed by atoms with E-state index in [1.54, 1.807) is 0 Å². The maximum Gasteiger partial charge on any atom is 0.220 e. The van der Waals surface area contributed by atoms with E-state index in [0.29, 0.717) is 12.8 Å². The molecule has 0 aromatic rings. The van der Waals surface area contributed by atoms with Crippen LogP contribution in [-0.2, 0) is 4.79 Å². The van der Waals surface area contributed by atoms with Crippen LogP contribution in [0.1, 0.15) is 328 Å². The number of nitrogens with one attached hydrogen (secondary N) is 1.